The second-order valence-electron chi connectivity index (χ2n) is 5.46. The summed E-state index contributed by atoms with van der Waals surface area (Å²) >= 11 is 6.19. The van der Waals surface area contributed by atoms with Gasteiger partial charge in [-0.3, -0.25) is 9.97 Å². The zero-order valence-corrected chi connectivity index (χ0v) is 14.2. The van der Waals surface area contributed by atoms with Crippen molar-refractivity contribution in [1.82, 2.24) is 24.6 Å². The van der Waals surface area contributed by atoms with Gasteiger partial charge in [0.15, 0.2) is 11.5 Å². The van der Waals surface area contributed by atoms with Crippen molar-refractivity contribution >= 4 is 17.2 Å². The van der Waals surface area contributed by atoms with Gasteiger partial charge in [0.1, 0.15) is 11.4 Å². The Morgan fingerprint density at radius 3 is 2.88 bits per heavy atom. The zero-order chi connectivity index (χ0) is 17.2. The lowest BCUT2D eigenvalue weighted by molar-refractivity contribution is 0.415. The highest BCUT2D eigenvalue weighted by atomic mass is 35.5. The van der Waals surface area contributed by atoms with Crippen LogP contribution in [-0.4, -0.2) is 31.7 Å². The second-order valence-corrected chi connectivity index (χ2v) is 5.87. The van der Waals surface area contributed by atoms with Gasteiger partial charge < -0.3 is 4.74 Å². The van der Waals surface area contributed by atoms with E-state index in [1.54, 1.807) is 36.4 Å². The summed E-state index contributed by atoms with van der Waals surface area (Å²) in [5.41, 5.74) is 3.37. The van der Waals surface area contributed by atoms with E-state index in [1.807, 2.05) is 30.3 Å². The molecule has 0 fully saturated rings. The largest absolute Gasteiger partial charge is 0.495 e. The van der Waals surface area contributed by atoms with Gasteiger partial charge in [0, 0.05) is 36.8 Å². The summed E-state index contributed by atoms with van der Waals surface area (Å²) in [6, 6.07) is 9.49. The molecule has 0 saturated heterocycles. The number of hydrogen-bond donors (Lipinski definition) is 0. The number of hydrogen-bond acceptors (Lipinski definition) is 5. The topological polar surface area (TPSA) is 65.2 Å². The zero-order valence-electron chi connectivity index (χ0n) is 13.4. The number of aromatic nitrogens is 5. The molecule has 0 aliphatic heterocycles. The fourth-order valence-electron chi connectivity index (χ4n) is 2.65. The first kappa shape index (κ1) is 15.5. The molecular formula is C18H14ClN5O. The smallest absolute Gasteiger partial charge is 0.182 e. The molecule has 124 valence electrons. The van der Waals surface area contributed by atoms with Crippen molar-refractivity contribution in [3.05, 3.63) is 71.5 Å². The lowest BCUT2D eigenvalue weighted by Crippen LogP contribution is -1.94. The van der Waals surface area contributed by atoms with Crippen LogP contribution >= 0.6 is 11.6 Å². The highest BCUT2D eigenvalue weighted by Gasteiger charge is 2.12. The first-order valence-electron chi connectivity index (χ1n) is 7.67. The molecule has 0 aliphatic carbocycles. The van der Waals surface area contributed by atoms with Gasteiger partial charge in [-0.25, -0.2) is 9.50 Å². The molecular weight excluding hydrogens is 338 g/mol. The number of methoxy groups -OCH3 is 1. The van der Waals surface area contributed by atoms with Gasteiger partial charge in [-0.05, 0) is 29.8 Å². The number of rotatable bonds is 4. The molecule has 4 aromatic rings. The molecule has 25 heavy (non-hydrogen) atoms. The van der Waals surface area contributed by atoms with Crippen molar-refractivity contribution in [1.29, 1.82) is 0 Å². The van der Waals surface area contributed by atoms with Crippen molar-refractivity contribution < 1.29 is 4.74 Å². The molecule has 0 amide bonds. The van der Waals surface area contributed by atoms with Gasteiger partial charge in [0.25, 0.3) is 0 Å². The Kier molecular flexibility index (Phi) is 4.03. The Balaban J connectivity index is 1.71. The van der Waals surface area contributed by atoms with Crippen molar-refractivity contribution in [3.63, 3.8) is 0 Å². The minimum absolute atomic E-state index is 0.567. The molecule has 0 aliphatic rings. The van der Waals surface area contributed by atoms with E-state index in [0.29, 0.717) is 28.7 Å². The molecule has 0 N–H and O–H groups in total. The van der Waals surface area contributed by atoms with Crippen LogP contribution in [0.15, 0.2) is 55.1 Å². The summed E-state index contributed by atoms with van der Waals surface area (Å²) in [7, 11) is 1.59. The number of benzene rings is 1. The predicted octanol–water partition coefficient (Wildman–Crippen LogP) is 3.44. The first-order valence-corrected chi connectivity index (χ1v) is 8.05. The third kappa shape index (κ3) is 3.04. The van der Waals surface area contributed by atoms with E-state index in [9.17, 15) is 0 Å². The van der Waals surface area contributed by atoms with Crippen LogP contribution in [0.1, 0.15) is 11.4 Å². The van der Waals surface area contributed by atoms with Gasteiger partial charge in [0.05, 0.1) is 12.1 Å². The van der Waals surface area contributed by atoms with Crippen LogP contribution in [0.25, 0.3) is 16.9 Å². The molecule has 6 nitrogen and oxygen atoms in total. The van der Waals surface area contributed by atoms with E-state index < -0.39 is 0 Å². The van der Waals surface area contributed by atoms with E-state index in [1.165, 1.54) is 0 Å². The summed E-state index contributed by atoms with van der Waals surface area (Å²) in [6.45, 7) is 0. The van der Waals surface area contributed by atoms with E-state index in [2.05, 4.69) is 20.1 Å². The average Bonchev–Trinajstić information content (AvgIpc) is 3.05. The Hall–Kier alpha value is -2.99. The number of ether oxygens (including phenoxy) is 1. The van der Waals surface area contributed by atoms with E-state index in [-0.39, 0.29) is 0 Å². The first-order chi connectivity index (χ1) is 12.2. The van der Waals surface area contributed by atoms with Crippen LogP contribution in [-0.2, 0) is 6.42 Å². The normalized spacial score (nSPS) is 11.0. The maximum Gasteiger partial charge on any atom is 0.182 e. The van der Waals surface area contributed by atoms with E-state index in [4.69, 9.17) is 16.3 Å². The molecule has 0 saturated carbocycles. The quantitative estimate of drug-likeness (QED) is 0.563. The van der Waals surface area contributed by atoms with Crippen molar-refractivity contribution in [2.24, 2.45) is 0 Å². The van der Waals surface area contributed by atoms with Crippen molar-refractivity contribution in [2.75, 3.05) is 7.11 Å². The van der Waals surface area contributed by atoms with Crippen molar-refractivity contribution in [3.8, 4) is 17.0 Å². The van der Waals surface area contributed by atoms with Gasteiger partial charge in [-0.15, -0.1) is 0 Å². The molecule has 1 aromatic carbocycles. The maximum atomic E-state index is 6.19. The summed E-state index contributed by atoms with van der Waals surface area (Å²) in [6.07, 6.45) is 7.55. The molecule has 7 heteroatoms. The molecule has 0 atom stereocenters. The number of halogens is 1. The summed E-state index contributed by atoms with van der Waals surface area (Å²) in [5, 5.41) is 5.11. The SMILES string of the molecule is COc1ccc(Cc2nc3c(-c4cccnc4)nccn3n2)cc1Cl. The van der Waals surface area contributed by atoms with Crippen LogP contribution in [0.3, 0.4) is 0 Å². The third-order valence-corrected chi connectivity index (χ3v) is 4.11. The predicted molar refractivity (Wildman–Crippen MR) is 94.8 cm³/mol. The summed E-state index contributed by atoms with van der Waals surface area (Å²) in [4.78, 5) is 13.2. The van der Waals surface area contributed by atoms with E-state index in [0.717, 1.165) is 16.8 Å². The molecule has 0 bridgehead atoms. The van der Waals surface area contributed by atoms with Crippen molar-refractivity contribution in [2.45, 2.75) is 6.42 Å². The molecule has 3 heterocycles. The number of nitrogens with zero attached hydrogens (tertiary/aromatic N) is 5. The molecule has 0 unspecified atom stereocenters. The minimum atomic E-state index is 0.567. The van der Waals surface area contributed by atoms with E-state index >= 15 is 0 Å². The molecule has 0 radical (unpaired) electrons. The van der Waals surface area contributed by atoms with Gasteiger partial charge in [0.2, 0.25) is 0 Å². The highest BCUT2D eigenvalue weighted by Crippen LogP contribution is 2.26. The second kappa shape index (κ2) is 6.49. The summed E-state index contributed by atoms with van der Waals surface area (Å²) < 4.78 is 6.91. The molecule has 0 spiro atoms. The number of pyridine rings is 1. The molecule has 3 aromatic heterocycles. The Morgan fingerprint density at radius 1 is 1.20 bits per heavy atom. The van der Waals surface area contributed by atoms with Crippen LogP contribution in [0.2, 0.25) is 5.02 Å². The third-order valence-electron chi connectivity index (χ3n) is 3.81. The van der Waals surface area contributed by atoms with Crippen LogP contribution in [0.4, 0.5) is 0 Å². The lowest BCUT2D eigenvalue weighted by Gasteiger charge is -2.04. The Labute approximate surface area is 149 Å². The molecule has 4 rings (SSSR count). The Morgan fingerprint density at radius 2 is 2.12 bits per heavy atom. The summed E-state index contributed by atoms with van der Waals surface area (Å²) in [5.74, 6) is 1.34. The maximum absolute atomic E-state index is 6.19. The van der Waals surface area contributed by atoms with Gasteiger partial charge >= 0.3 is 0 Å². The minimum Gasteiger partial charge on any atom is -0.495 e. The van der Waals surface area contributed by atoms with Crippen LogP contribution < -0.4 is 4.74 Å². The fraction of sp³-hybridized carbons (Fsp3) is 0.111. The monoisotopic (exact) mass is 351 g/mol. The number of fused-ring (bicyclic) bond motifs is 1. The Bertz CT molecular complexity index is 1030. The van der Waals surface area contributed by atoms with Gasteiger partial charge in [-0.2, -0.15) is 5.10 Å². The fourth-order valence-corrected chi connectivity index (χ4v) is 2.93. The average molecular weight is 352 g/mol. The lowest BCUT2D eigenvalue weighted by atomic mass is 10.1. The van der Waals surface area contributed by atoms with Gasteiger partial charge in [-0.1, -0.05) is 17.7 Å². The van der Waals surface area contributed by atoms with Crippen LogP contribution in [0.5, 0.6) is 5.75 Å². The standard InChI is InChI=1S/C18H14ClN5O/c1-25-15-5-4-12(9-14(15)19)10-16-22-18-17(13-3-2-6-20-11-13)21-7-8-24(18)23-16/h2-9,11H,10H2,1H3. The van der Waals surface area contributed by atoms with Crippen LogP contribution in [0, 0.1) is 0 Å². The highest BCUT2D eigenvalue weighted by molar-refractivity contribution is 6.32.